The summed E-state index contributed by atoms with van der Waals surface area (Å²) in [4.78, 5) is 0. The van der Waals surface area contributed by atoms with Crippen molar-refractivity contribution in [2.75, 3.05) is 13.2 Å². The van der Waals surface area contributed by atoms with Crippen molar-refractivity contribution in [3.63, 3.8) is 0 Å². The number of hydrogen-bond acceptors (Lipinski definition) is 2. The maximum absolute atomic E-state index is 5.63. The van der Waals surface area contributed by atoms with Crippen LogP contribution >= 0.6 is 0 Å². The highest BCUT2D eigenvalue weighted by atomic mass is 16.5. The summed E-state index contributed by atoms with van der Waals surface area (Å²) in [6.07, 6.45) is 10.0. The molecule has 15 heavy (non-hydrogen) atoms. The molecule has 1 saturated carbocycles. The van der Waals surface area contributed by atoms with Gasteiger partial charge in [0.05, 0.1) is 6.10 Å². The summed E-state index contributed by atoms with van der Waals surface area (Å²) >= 11 is 0. The van der Waals surface area contributed by atoms with Crippen molar-refractivity contribution in [3.8, 4) is 0 Å². The smallest absolute Gasteiger partial charge is 0.0700 e. The highest BCUT2D eigenvalue weighted by molar-refractivity contribution is 4.79. The Kier molecular flexibility index (Phi) is 4.45. The van der Waals surface area contributed by atoms with E-state index in [2.05, 4.69) is 12.2 Å². The van der Waals surface area contributed by atoms with Gasteiger partial charge in [0.2, 0.25) is 0 Å². The minimum absolute atomic E-state index is 0.506. The minimum atomic E-state index is 0.506. The van der Waals surface area contributed by atoms with E-state index in [9.17, 15) is 0 Å². The van der Waals surface area contributed by atoms with E-state index >= 15 is 0 Å². The summed E-state index contributed by atoms with van der Waals surface area (Å²) in [7, 11) is 0. The first kappa shape index (κ1) is 11.4. The molecule has 0 spiro atoms. The fourth-order valence-corrected chi connectivity index (χ4v) is 2.95. The summed E-state index contributed by atoms with van der Waals surface area (Å²) < 4.78 is 5.63. The number of rotatable bonds is 4. The highest BCUT2D eigenvalue weighted by Crippen LogP contribution is 2.26. The Bertz CT molecular complexity index is 177. The molecule has 3 unspecified atom stereocenters. The van der Waals surface area contributed by atoms with Crippen LogP contribution in [0.3, 0.4) is 0 Å². The topological polar surface area (TPSA) is 21.3 Å². The molecule has 0 aromatic carbocycles. The van der Waals surface area contributed by atoms with E-state index in [4.69, 9.17) is 4.74 Å². The number of hydrogen-bond donors (Lipinski definition) is 1. The second kappa shape index (κ2) is 5.86. The molecular weight excluding hydrogens is 186 g/mol. The first-order valence-corrected chi connectivity index (χ1v) is 6.73. The molecule has 88 valence electrons. The van der Waals surface area contributed by atoms with Crippen LogP contribution in [-0.4, -0.2) is 25.3 Å². The third-order valence-corrected chi connectivity index (χ3v) is 4.02. The minimum Gasteiger partial charge on any atom is -0.377 e. The zero-order chi connectivity index (χ0) is 10.5. The zero-order valence-corrected chi connectivity index (χ0v) is 10.0. The van der Waals surface area contributed by atoms with E-state index in [1.54, 1.807) is 0 Å². The molecule has 1 aliphatic heterocycles. The highest BCUT2D eigenvalue weighted by Gasteiger charge is 2.22. The van der Waals surface area contributed by atoms with Crippen molar-refractivity contribution in [1.82, 2.24) is 5.32 Å². The van der Waals surface area contributed by atoms with Crippen LogP contribution < -0.4 is 5.32 Å². The Morgan fingerprint density at radius 1 is 1.20 bits per heavy atom. The summed E-state index contributed by atoms with van der Waals surface area (Å²) in [5.41, 5.74) is 0. The summed E-state index contributed by atoms with van der Waals surface area (Å²) in [6, 6.07) is 0.771. The van der Waals surface area contributed by atoms with E-state index < -0.39 is 0 Å². The second-order valence-electron chi connectivity index (χ2n) is 5.18. The molecule has 1 N–H and O–H groups in total. The summed E-state index contributed by atoms with van der Waals surface area (Å²) in [5, 5.41) is 3.70. The molecule has 2 rings (SSSR count). The Balaban J connectivity index is 1.65. The van der Waals surface area contributed by atoms with Crippen LogP contribution in [0.5, 0.6) is 0 Å². The van der Waals surface area contributed by atoms with Crippen LogP contribution in [0.4, 0.5) is 0 Å². The predicted octanol–water partition coefficient (Wildman–Crippen LogP) is 2.72. The van der Waals surface area contributed by atoms with Gasteiger partial charge in [0, 0.05) is 19.2 Å². The standard InChI is InChI=1S/C13H25NO/c1-2-11-5-3-6-12(9-11)14-10-13-7-4-8-15-13/h11-14H,2-10H2,1H3. The van der Waals surface area contributed by atoms with E-state index in [0.29, 0.717) is 6.10 Å². The molecule has 0 bridgehead atoms. The van der Waals surface area contributed by atoms with Gasteiger partial charge in [0.1, 0.15) is 0 Å². The molecule has 3 atom stereocenters. The van der Waals surface area contributed by atoms with Crippen LogP contribution in [0.25, 0.3) is 0 Å². The lowest BCUT2D eigenvalue weighted by Crippen LogP contribution is -2.38. The molecule has 0 radical (unpaired) electrons. The number of nitrogens with one attached hydrogen (secondary N) is 1. The fourth-order valence-electron chi connectivity index (χ4n) is 2.95. The van der Waals surface area contributed by atoms with Gasteiger partial charge in [-0.3, -0.25) is 0 Å². The molecule has 2 nitrogen and oxygen atoms in total. The molecule has 0 aromatic rings. The second-order valence-corrected chi connectivity index (χ2v) is 5.18. The molecule has 1 heterocycles. The lowest BCUT2D eigenvalue weighted by molar-refractivity contribution is 0.104. The van der Waals surface area contributed by atoms with Crippen molar-refractivity contribution in [2.24, 2.45) is 5.92 Å². The third-order valence-electron chi connectivity index (χ3n) is 4.02. The Morgan fingerprint density at radius 3 is 2.87 bits per heavy atom. The van der Waals surface area contributed by atoms with E-state index in [0.717, 1.165) is 25.1 Å². The molecular formula is C13H25NO. The third kappa shape index (κ3) is 3.46. The van der Waals surface area contributed by atoms with Gasteiger partial charge in [-0.25, -0.2) is 0 Å². The van der Waals surface area contributed by atoms with Crippen molar-refractivity contribution in [3.05, 3.63) is 0 Å². The average molecular weight is 211 g/mol. The molecule has 0 aromatic heterocycles. The SMILES string of the molecule is CCC1CCCC(NCC2CCCO2)C1. The van der Waals surface area contributed by atoms with Gasteiger partial charge in [-0.05, 0) is 31.6 Å². The Hall–Kier alpha value is -0.0800. The van der Waals surface area contributed by atoms with Gasteiger partial charge in [0.25, 0.3) is 0 Å². The van der Waals surface area contributed by atoms with Gasteiger partial charge in [-0.15, -0.1) is 0 Å². The van der Waals surface area contributed by atoms with Crippen LogP contribution in [0.1, 0.15) is 51.9 Å². The van der Waals surface area contributed by atoms with Crippen LogP contribution in [-0.2, 0) is 4.74 Å². The van der Waals surface area contributed by atoms with Gasteiger partial charge in [-0.2, -0.15) is 0 Å². The predicted molar refractivity (Wildman–Crippen MR) is 63.0 cm³/mol. The molecule has 0 amide bonds. The van der Waals surface area contributed by atoms with Crippen molar-refractivity contribution >= 4 is 0 Å². The van der Waals surface area contributed by atoms with Gasteiger partial charge in [0.15, 0.2) is 0 Å². The van der Waals surface area contributed by atoms with Crippen molar-refractivity contribution in [1.29, 1.82) is 0 Å². The zero-order valence-electron chi connectivity index (χ0n) is 10.0. The van der Waals surface area contributed by atoms with Gasteiger partial charge in [-0.1, -0.05) is 26.2 Å². The van der Waals surface area contributed by atoms with Crippen molar-refractivity contribution in [2.45, 2.75) is 64.0 Å². The van der Waals surface area contributed by atoms with Crippen molar-refractivity contribution < 1.29 is 4.74 Å². The molecule has 1 saturated heterocycles. The normalized spacial score (nSPS) is 37.0. The first-order valence-electron chi connectivity index (χ1n) is 6.73. The summed E-state index contributed by atoms with van der Waals surface area (Å²) in [6.45, 7) is 4.39. The van der Waals surface area contributed by atoms with Crippen LogP contribution in [0.15, 0.2) is 0 Å². The van der Waals surface area contributed by atoms with E-state index in [1.807, 2.05) is 0 Å². The monoisotopic (exact) mass is 211 g/mol. The lowest BCUT2D eigenvalue weighted by atomic mass is 9.84. The quantitative estimate of drug-likeness (QED) is 0.772. The first-order chi connectivity index (χ1) is 7.38. The average Bonchev–Trinajstić information content (AvgIpc) is 2.79. The molecule has 1 aliphatic carbocycles. The maximum atomic E-state index is 5.63. The Labute approximate surface area is 93.8 Å². The van der Waals surface area contributed by atoms with Gasteiger partial charge >= 0.3 is 0 Å². The summed E-state index contributed by atoms with van der Waals surface area (Å²) in [5.74, 6) is 0.973. The number of ether oxygens (including phenoxy) is 1. The van der Waals surface area contributed by atoms with Gasteiger partial charge < -0.3 is 10.1 Å². The van der Waals surface area contributed by atoms with E-state index in [1.165, 1.54) is 44.9 Å². The van der Waals surface area contributed by atoms with Crippen LogP contribution in [0.2, 0.25) is 0 Å². The largest absolute Gasteiger partial charge is 0.377 e. The van der Waals surface area contributed by atoms with E-state index in [-0.39, 0.29) is 0 Å². The van der Waals surface area contributed by atoms with Crippen LogP contribution in [0, 0.1) is 5.92 Å². The Morgan fingerprint density at radius 2 is 2.13 bits per heavy atom. The molecule has 2 fully saturated rings. The maximum Gasteiger partial charge on any atom is 0.0700 e. The molecule has 2 aliphatic rings. The fraction of sp³-hybridized carbons (Fsp3) is 1.00. The molecule has 2 heteroatoms. The lowest BCUT2D eigenvalue weighted by Gasteiger charge is -2.30.